The van der Waals surface area contributed by atoms with Crippen LogP contribution in [0.25, 0.3) is 0 Å². The summed E-state index contributed by atoms with van der Waals surface area (Å²) in [6, 6.07) is 9.21. The Balaban J connectivity index is 1.69. The molecule has 10 heteroatoms. The lowest BCUT2D eigenvalue weighted by Crippen LogP contribution is -2.20. The van der Waals surface area contributed by atoms with Crippen LogP contribution in [0.3, 0.4) is 0 Å². The number of anilines is 1. The van der Waals surface area contributed by atoms with Crippen molar-refractivity contribution < 1.29 is 9.72 Å². The van der Waals surface area contributed by atoms with Crippen molar-refractivity contribution in [1.29, 1.82) is 0 Å². The fourth-order valence-corrected chi connectivity index (χ4v) is 3.04. The highest BCUT2D eigenvalue weighted by molar-refractivity contribution is 6.30. The molecule has 0 fully saturated rings. The predicted molar refractivity (Wildman–Crippen MR) is 105 cm³/mol. The van der Waals surface area contributed by atoms with E-state index in [1.165, 1.54) is 4.68 Å². The van der Waals surface area contributed by atoms with E-state index in [9.17, 15) is 14.9 Å². The first-order chi connectivity index (χ1) is 13.2. The van der Waals surface area contributed by atoms with Crippen LogP contribution in [0.15, 0.2) is 30.3 Å². The summed E-state index contributed by atoms with van der Waals surface area (Å²) in [5.41, 5.74) is 2.45. The van der Waals surface area contributed by atoms with E-state index in [-0.39, 0.29) is 23.8 Å². The van der Waals surface area contributed by atoms with E-state index in [1.807, 2.05) is 31.2 Å². The fourth-order valence-electron chi connectivity index (χ4n) is 2.92. The van der Waals surface area contributed by atoms with Crippen molar-refractivity contribution in [2.75, 3.05) is 5.32 Å². The molecule has 0 aliphatic rings. The molecule has 9 nitrogen and oxygen atoms in total. The van der Waals surface area contributed by atoms with Gasteiger partial charge in [-0.15, -0.1) is 0 Å². The Morgan fingerprint density at radius 1 is 1.18 bits per heavy atom. The second-order valence-corrected chi connectivity index (χ2v) is 6.87. The van der Waals surface area contributed by atoms with Crippen LogP contribution < -0.4 is 5.32 Å². The minimum atomic E-state index is -0.492. The summed E-state index contributed by atoms with van der Waals surface area (Å²) in [7, 11) is 0. The molecule has 0 saturated heterocycles. The first-order valence-corrected chi connectivity index (χ1v) is 8.89. The minimum absolute atomic E-state index is 0.0733. The van der Waals surface area contributed by atoms with Gasteiger partial charge < -0.3 is 5.32 Å². The maximum atomic E-state index is 12.3. The van der Waals surface area contributed by atoms with E-state index in [0.717, 1.165) is 11.3 Å². The zero-order valence-electron chi connectivity index (χ0n) is 15.6. The molecule has 0 saturated carbocycles. The van der Waals surface area contributed by atoms with Crippen LogP contribution in [0.5, 0.6) is 0 Å². The Kier molecular flexibility index (Phi) is 5.46. The summed E-state index contributed by atoms with van der Waals surface area (Å²) < 4.78 is 3.09. The average Bonchev–Trinajstić information content (AvgIpc) is 3.08. The Bertz CT molecular complexity index is 1040. The van der Waals surface area contributed by atoms with Gasteiger partial charge in [-0.1, -0.05) is 23.7 Å². The van der Waals surface area contributed by atoms with E-state index in [4.69, 9.17) is 11.6 Å². The maximum absolute atomic E-state index is 12.3. The number of aromatic nitrogens is 4. The maximum Gasteiger partial charge on any atom is 0.312 e. The largest absolute Gasteiger partial charge is 0.312 e. The monoisotopic (exact) mass is 402 g/mol. The highest BCUT2D eigenvalue weighted by Crippen LogP contribution is 2.21. The van der Waals surface area contributed by atoms with Gasteiger partial charge in [0.05, 0.1) is 11.5 Å². The third kappa shape index (κ3) is 4.20. The number of nitrogens with one attached hydrogen (secondary N) is 1. The SMILES string of the molecule is Cc1nn(CC(=O)Nc2cc(C)n(Cc3ccc(Cl)cc3)n2)c(C)c1[N+](=O)[O-]. The third-order valence-corrected chi connectivity index (χ3v) is 4.57. The lowest BCUT2D eigenvalue weighted by atomic mass is 10.2. The first kappa shape index (κ1) is 19.6. The zero-order chi connectivity index (χ0) is 20.4. The summed E-state index contributed by atoms with van der Waals surface area (Å²) in [6.45, 7) is 5.41. The molecule has 146 valence electrons. The number of rotatable bonds is 6. The molecule has 28 heavy (non-hydrogen) atoms. The van der Waals surface area contributed by atoms with Crippen molar-refractivity contribution in [1.82, 2.24) is 19.6 Å². The number of benzene rings is 1. The van der Waals surface area contributed by atoms with Crippen molar-refractivity contribution in [2.24, 2.45) is 0 Å². The minimum Gasteiger partial charge on any atom is -0.308 e. The third-order valence-electron chi connectivity index (χ3n) is 4.31. The number of carbonyl (C=O) groups is 1. The van der Waals surface area contributed by atoms with E-state index >= 15 is 0 Å². The average molecular weight is 403 g/mol. The Hall–Kier alpha value is -3.20. The van der Waals surface area contributed by atoms with E-state index in [2.05, 4.69) is 15.5 Å². The number of hydrogen-bond donors (Lipinski definition) is 1. The lowest BCUT2D eigenvalue weighted by molar-refractivity contribution is -0.386. The highest BCUT2D eigenvalue weighted by atomic mass is 35.5. The molecule has 0 unspecified atom stereocenters. The molecule has 3 rings (SSSR count). The second-order valence-electron chi connectivity index (χ2n) is 6.44. The molecule has 0 atom stereocenters. The van der Waals surface area contributed by atoms with Gasteiger partial charge in [-0.2, -0.15) is 10.2 Å². The van der Waals surface area contributed by atoms with Crippen LogP contribution in [0.2, 0.25) is 5.02 Å². The summed E-state index contributed by atoms with van der Waals surface area (Å²) in [5.74, 6) is 0.0455. The van der Waals surface area contributed by atoms with Gasteiger partial charge in [0.1, 0.15) is 17.9 Å². The molecule has 1 N–H and O–H groups in total. The van der Waals surface area contributed by atoms with Crippen molar-refractivity contribution >= 4 is 29.0 Å². The molecule has 1 aromatic carbocycles. The highest BCUT2D eigenvalue weighted by Gasteiger charge is 2.23. The second kappa shape index (κ2) is 7.81. The molecular formula is C18H19ClN6O3. The number of nitro groups is 1. The standard InChI is InChI=1S/C18H19ClN6O3/c1-11-8-16(22-23(11)9-14-4-6-15(19)7-5-14)20-17(26)10-24-13(3)18(25(27)28)12(2)21-24/h4-8H,9-10H2,1-3H3,(H,20,22,26). The fraction of sp³-hybridized carbons (Fsp3) is 0.278. The van der Waals surface area contributed by atoms with Gasteiger partial charge in [0.15, 0.2) is 5.82 Å². The van der Waals surface area contributed by atoms with Gasteiger partial charge in [-0.05, 0) is 38.5 Å². The molecule has 0 spiro atoms. The molecule has 2 aromatic heterocycles. The predicted octanol–water partition coefficient (Wildman–Crippen LogP) is 3.25. The molecule has 0 bridgehead atoms. The van der Waals surface area contributed by atoms with Crippen LogP contribution in [0.4, 0.5) is 11.5 Å². The van der Waals surface area contributed by atoms with Gasteiger partial charge in [-0.25, -0.2) is 0 Å². The Labute approximate surface area is 166 Å². The van der Waals surface area contributed by atoms with Gasteiger partial charge in [0.2, 0.25) is 5.91 Å². The van der Waals surface area contributed by atoms with Crippen LogP contribution in [-0.4, -0.2) is 30.4 Å². The van der Waals surface area contributed by atoms with E-state index in [1.54, 1.807) is 24.6 Å². The lowest BCUT2D eigenvalue weighted by Gasteiger charge is -2.05. The number of aryl methyl sites for hydroxylation is 2. The van der Waals surface area contributed by atoms with Crippen LogP contribution in [0, 0.1) is 30.9 Å². The molecule has 0 radical (unpaired) electrons. The van der Waals surface area contributed by atoms with Crippen LogP contribution in [-0.2, 0) is 17.9 Å². The number of halogens is 1. The van der Waals surface area contributed by atoms with Crippen molar-refractivity contribution in [3.8, 4) is 0 Å². The molecule has 0 aliphatic carbocycles. The summed E-state index contributed by atoms with van der Waals surface area (Å²) >= 11 is 5.90. The summed E-state index contributed by atoms with van der Waals surface area (Å²) in [4.78, 5) is 22.9. The van der Waals surface area contributed by atoms with Crippen molar-refractivity contribution in [3.63, 3.8) is 0 Å². The van der Waals surface area contributed by atoms with E-state index in [0.29, 0.717) is 23.1 Å². The molecular weight excluding hydrogens is 384 g/mol. The number of nitrogens with zero attached hydrogens (tertiary/aromatic N) is 5. The normalized spacial score (nSPS) is 10.9. The molecule has 1 amide bonds. The zero-order valence-corrected chi connectivity index (χ0v) is 16.4. The Morgan fingerprint density at radius 2 is 1.86 bits per heavy atom. The molecule has 0 aliphatic heterocycles. The summed E-state index contributed by atoms with van der Waals surface area (Å²) in [6.07, 6.45) is 0. The number of amides is 1. The van der Waals surface area contributed by atoms with Gasteiger partial charge in [0.25, 0.3) is 0 Å². The van der Waals surface area contributed by atoms with Crippen molar-refractivity contribution in [3.05, 3.63) is 68.1 Å². The molecule has 3 aromatic rings. The number of carbonyl (C=O) groups excluding carboxylic acids is 1. The van der Waals surface area contributed by atoms with Gasteiger partial charge in [-0.3, -0.25) is 24.3 Å². The summed E-state index contributed by atoms with van der Waals surface area (Å²) in [5, 5.41) is 22.9. The van der Waals surface area contributed by atoms with Gasteiger partial charge >= 0.3 is 5.69 Å². The first-order valence-electron chi connectivity index (χ1n) is 8.51. The van der Waals surface area contributed by atoms with E-state index < -0.39 is 4.92 Å². The molecule has 2 heterocycles. The quantitative estimate of drug-likeness (QED) is 0.503. The smallest absolute Gasteiger partial charge is 0.308 e. The number of hydrogen-bond acceptors (Lipinski definition) is 5. The van der Waals surface area contributed by atoms with Crippen molar-refractivity contribution in [2.45, 2.75) is 33.9 Å². The van der Waals surface area contributed by atoms with Gasteiger partial charge in [0, 0.05) is 16.8 Å². The van der Waals surface area contributed by atoms with Crippen LogP contribution >= 0.6 is 11.6 Å². The topological polar surface area (TPSA) is 108 Å². The Morgan fingerprint density at radius 3 is 2.46 bits per heavy atom. The van der Waals surface area contributed by atoms with Crippen LogP contribution in [0.1, 0.15) is 22.6 Å².